The van der Waals surface area contributed by atoms with Gasteiger partial charge < -0.3 is 9.64 Å². The van der Waals surface area contributed by atoms with E-state index in [1.54, 1.807) is 0 Å². The summed E-state index contributed by atoms with van der Waals surface area (Å²) in [7, 11) is 4.22. The van der Waals surface area contributed by atoms with Gasteiger partial charge in [-0.15, -0.1) is 0 Å². The molecule has 2 unspecified atom stereocenters. The largest absolute Gasteiger partial charge is 0.426 e. The van der Waals surface area contributed by atoms with Crippen molar-refractivity contribution in [1.82, 2.24) is 4.90 Å². The van der Waals surface area contributed by atoms with Crippen LogP contribution in [0.4, 0.5) is 0 Å². The molecule has 0 bridgehead atoms. The van der Waals surface area contributed by atoms with Crippen molar-refractivity contribution in [2.24, 2.45) is 11.8 Å². The van der Waals surface area contributed by atoms with Crippen molar-refractivity contribution in [1.29, 1.82) is 0 Å². The molecule has 2 rings (SSSR count). The van der Waals surface area contributed by atoms with Crippen LogP contribution < -0.4 is 4.74 Å². The summed E-state index contributed by atoms with van der Waals surface area (Å²) in [6, 6.07) is 16.4. The molecule has 0 heterocycles. The number of ether oxygens (including phenoxy) is 1. The van der Waals surface area contributed by atoms with E-state index in [1.807, 2.05) is 25.1 Å². The van der Waals surface area contributed by atoms with Gasteiger partial charge in [0.2, 0.25) is 0 Å². The zero-order valence-corrected chi connectivity index (χ0v) is 19.8. The van der Waals surface area contributed by atoms with Crippen molar-refractivity contribution in [3.63, 3.8) is 0 Å². The SMILES string of the molecule is CCC(c1cccc(OC(=O)[C@@H](C)c2ccc(CC(C)C)cc2)c1)C(C)CN(C)C. The van der Waals surface area contributed by atoms with Crippen molar-refractivity contribution >= 4 is 5.97 Å². The Morgan fingerprint density at radius 1 is 0.967 bits per heavy atom. The van der Waals surface area contributed by atoms with Crippen LogP contribution >= 0.6 is 0 Å². The molecule has 0 spiro atoms. The Labute approximate surface area is 183 Å². The van der Waals surface area contributed by atoms with Gasteiger partial charge in [-0.05, 0) is 80.4 Å². The number of rotatable bonds is 10. The zero-order chi connectivity index (χ0) is 22.3. The topological polar surface area (TPSA) is 29.5 Å². The molecule has 0 radical (unpaired) electrons. The summed E-state index contributed by atoms with van der Waals surface area (Å²) in [6.07, 6.45) is 2.11. The molecule has 0 aliphatic carbocycles. The van der Waals surface area contributed by atoms with Gasteiger partial charge in [-0.25, -0.2) is 0 Å². The van der Waals surface area contributed by atoms with Crippen LogP contribution in [-0.2, 0) is 11.2 Å². The van der Waals surface area contributed by atoms with Gasteiger partial charge in [0.05, 0.1) is 5.92 Å². The fourth-order valence-corrected chi connectivity index (χ4v) is 4.23. The second-order valence-corrected chi connectivity index (χ2v) is 9.31. The molecule has 0 aromatic heterocycles. The lowest BCUT2D eigenvalue weighted by atomic mass is 9.85. The first-order chi connectivity index (χ1) is 14.2. The number of nitrogens with zero attached hydrogens (tertiary/aromatic N) is 1. The quantitative estimate of drug-likeness (QED) is 0.341. The van der Waals surface area contributed by atoms with Gasteiger partial charge in [-0.1, -0.05) is 64.1 Å². The molecule has 164 valence electrons. The molecule has 0 amide bonds. The molecule has 0 N–H and O–H groups in total. The molecule has 0 aliphatic heterocycles. The van der Waals surface area contributed by atoms with Gasteiger partial charge in [0.15, 0.2) is 0 Å². The van der Waals surface area contributed by atoms with E-state index in [2.05, 4.69) is 77.0 Å². The fraction of sp³-hybridized carbons (Fsp3) is 0.519. The number of carbonyl (C=O) groups excluding carboxylic acids is 1. The maximum absolute atomic E-state index is 12.8. The number of esters is 1. The van der Waals surface area contributed by atoms with Crippen LogP contribution in [0.25, 0.3) is 0 Å². The van der Waals surface area contributed by atoms with Crippen molar-refractivity contribution < 1.29 is 9.53 Å². The van der Waals surface area contributed by atoms with Crippen molar-refractivity contribution in [2.75, 3.05) is 20.6 Å². The molecule has 2 aromatic carbocycles. The lowest BCUT2D eigenvalue weighted by Crippen LogP contribution is -2.24. The minimum atomic E-state index is -0.295. The Kier molecular flexibility index (Phi) is 9.10. The van der Waals surface area contributed by atoms with E-state index in [1.165, 1.54) is 11.1 Å². The van der Waals surface area contributed by atoms with E-state index < -0.39 is 0 Å². The van der Waals surface area contributed by atoms with E-state index in [9.17, 15) is 4.79 Å². The molecule has 30 heavy (non-hydrogen) atoms. The highest BCUT2D eigenvalue weighted by Gasteiger charge is 2.21. The van der Waals surface area contributed by atoms with Crippen LogP contribution in [0.1, 0.15) is 69.6 Å². The highest BCUT2D eigenvalue weighted by Crippen LogP contribution is 2.31. The molecule has 3 heteroatoms. The van der Waals surface area contributed by atoms with Gasteiger partial charge in [-0.2, -0.15) is 0 Å². The Morgan fingerprint density at radius 3 is 2.20 bits per heavy atom. The third kappa shape index (κ3) is 6.98. The summed E-state index contributed by atoms with van der Waals surface area (Å²) >= 11 is 0. The fourth-order valence-electron chi connectivity index (χ4n) is 4.23. The third-order valence-electron chi connectivity index (χ3n) is 5.76. The lowest BCUT2D eigenvalue weighted by molar-refractivity contribution is -0.135. The summed E-state index contributed by atoms with van der Waals surface area (Å²) in [5.74, 6) is 1.72. The van der Waals surface area contributed by atoms with E-state index in [-0.39, 0.29) is 11.9 Å². The minimum absolute atomic E-state index is 0.210. The monoisotopic (exact) mass is 409 g/mol. The van der Waals surface area contributed by atoms with Crippen molar-refractivity contribution in [2.45, 2.75) is 59.3 Å². The highest BCUT2D eigenvalue weighted by atomic mass is 16.5. The van der Waals surface area contributed by atoms with Crippen LogP contribution in [-0.4, -0.2) is 31.5 Å². The lowest BCUT2D eigenvalue weighted by Gasteiger charge is -2.26. The van der Waals surface area contributed by atoms with Gasteiger partial charge >= 0.3 is 5.97 Å². The van der Waals surface area contributed by atoms with E-state index in [0.29, 0.717) is 23.5 Å². The summed E-state index contributed by atoms with van der Waals surface area (Å²) in [4.78, 5) is 15.0. The number of hydrogen-bond acceptors (Lipinski definition) is 3. The van der Waals surface area contributed by atoms with Crippen LogP contribution in [0.15, 0.2) is 48.5 Å². The highest BCUT2D eigenvalue weighted by molar-refractivity contribution is 5.80. The summed E-state index contributed by atoms with van der Waals surface area (Å²) < 4.78 is 5.77. The molecular formula is C27H39NO2. The molecule has 3 nitrogen and oxygen atoms in total. The number of benzene rings is 2. The maximum atomic E-state index is 12.8. The average Bonchev–Trinajstić information content (AvgIpc) is 2.68. The Hall–Kier alpha value is -2.13. The normalized spacial score (nSPS) is 14.6. The smallest absolute Gasteiger partial charge is 0.318 e. The second kappa shape index (κ2) is 11.3. The Morgan fingerprint density at radius 2 is 1.63 bits per heavy atom. The van der Waals surface area contributed by atoms with Crippen LogP contribution in [0.3, 0.4) is 0 Å². The predicted molar refractivity (Wildman–Crippen MR) is 126 cm³/mol. The first kappa shape index (κ1) is 24.1. The number of carbonyl (C=O) groups is 1. The summed E-state index contributed by atoms with van der Waals surface area (Å²) in [6.45, 7) is 11.9. The number of hydrogen-bond donors (Lipinski definition) is 0. The van der Waals surface area contributed by atoms with E-state index >= 15 is 0 Å². The first-order valence-corrected chi connectivity index (χ1v) is 11.3. The van der Waals surface area contributed by atoms with Crippen LogP contribution in [0, 0.1) is 11.8 Å². The van der Waals surface area contributed by atoms with Crippen LogP contribution in [0.2, 0.25) is 0 Å². The molecule has 0 aliphatic rings. The average molecular weight is 410 g/mol. The van der Waals surface area contributed by atoms with Gasteiger partial charge in [-0.3, -0.25) is 4.79 Å². The first-order valence-electron chi connectivity index (χ1n) is 11.3. The van der Waals surface area contributed by atoms with Crippen molar-refractivity contribution in [3.05, 3.63) is 65.2 Å². The van der Waals surface area contributed by atoms with Crippen molar-refractivity contribution in [3.8, 4) is 5.75 Å². The predicted octanol–water partition coefficient (Wildman–Crippen LogP) is 6.29. The third-order valence-corrected chi connectivity index (χ3v) is 5.76. The zero-order valence-electron chi connectivity index (χ0n) is 19.8. The maximum Gasteiger partial charge on any atom is 0.318 e. The summed E-state index contributed by atoms with van der Waals surface area (Å²) in [5.41, 5.74) is 3.54. The van der Waals surface area contributed by atoms with Gasteiger partial charge in [0.25, 0.3) is 0 Å². The molecule has 0 saturated carbocycles. The Balaban J connectivity index is 2.08. The second-order valence-electron chi connectivity index (χ2n) is 9.31. The standard InChI is InChI=1S/C27H39NO2/c1-8-26(20(4)18-28(6)7)24-10-9-11-25(17-24)30-27(29)21(5)23-14-12-22(13-15-23)16-19(2)3/h9-15,17,19-21,26H,8,16,18H2,1-7H3/t20?,21-,26?/m0/s1. The van der Waals surface area contributed by atoms with Gasteiger partial charge in [0, 0.05) is 6.54 Å². The van der Waals surface area contributed by atoms with E-state index in [4.69, 9.17) is 4.74 Å². The molecule has 0 saturated heterocycles. The molecule has 0 fully saturated rings. The molecular weight excluding hydrogens is 370 g/mol. The van der Waals surface area contributed by atoms with E-state index in [0.717, 1.165) is 24.9 Å². The molecule has 3 atom stereocenters. The minimum Gasteiger partial charge on any atom is -0.426 e. The van der Waals surface area contributed by atoms with Crippen LogP contribution in [0.5, 0.6) is 5.75 Å². The Bertz CT molecular complexity index is 795. The van der Waals surface area contributed by atoms with Gasteiger partial charge in [0.1, 0.15) is 5.75 Å². The summed E-state index contributed by atoms with van der Waals surface area (Å²) in [5, 5.41) is 0. The molecule has 2 aromatic rings.